The van der Waals surface area contributed by atoms with Crippen LogP contribution in [0.3, 0.4) is 0 Å². The van der Waals surface area contributed by atoms with Crippen LogP contribution in [-0.2, 0) is 9.53 Å². The lowest BCUT2D eigenvalue weighted by Gasteiger charge is -2.36. The van der Waals surface area contributed by atoms with Crippen LogP contribution < -0.4 is 16.8 Å². The van der Waals surface area contributed by atoms with Crippen LogP contribution in [0.1, 0.15) is 33.6 Å². The minimum Gasteiger partial charge on any atom is -0.463 e. The maximum absolute atomic E-state index is 12.3. The summed E-state index contributed by atoms with van der Waals surface area (Å²) in [6.45, 7) is 7.50. The van der Waals surface area contributed by atoms with Crippen LogP contribution in [-0.4, -0.2) is 62.1 Å². The lowest BCUT2D eigenvalue weighted by Crippen LogP contribution is -2.63. The number of nitrogens with one attached hydrogen (secondary N) is 1. The Kier molecular flexibility index (Phi) is 7.18. The number of nitrogens with two attached hydrogens (primary N) is 2. The van der Waals surface area contributed by atoms with Crippen LogP contribution in [0.15, 0.2) is 16.3 Å². The van der Waals surface area contributed by atoms with Crippen LogP contribution in [0, 0.1) is 0 Å². The van der Waals surface area contributed by atoms with Gasteiger partial charge in [0.2, 0.25) is 0 Å². The zero-order valence-electron chi connectivity index (χ0n) is 15.0. The molecule has 1 rings (SSSR count). The Bertz CT molecular complexity index is 483. The third-order valence-electron chi connectivity index (χ3n) is 3.84. The van der Waals surface area contributed by atoms with E-state index >= 15 is 0 Å². The highest BCUT2D eigenvalue weighted by atomic mass is 16.5. The zero-order chi connectivity index (χ0) is 17.6. The highest BCUT2D eigenvalue weighted by molar-refractivity contribution is 6.02. The van der Waals surface area contributed by atoms with E-state index < -0.39 is 11.6 Å². The van der Waals surface area contributed by atoms with Crippen LogP contribution in [0.25, 0.3) is 0 Å². The standard InChI is InChI=1S/C16H31N5O2/c1-6-12-16(17,18)14(19-9-8-10-21(4)5)13(11(3)20-12)15(22)23-7-2/h11,19H,6-10,17-18H2,1-5H3. The number of hydrogen-bond acceptors (Lipinski definition) is 7. The fourth-order valence-electron chi connectivity index (χ4n) is 2.70. The van der Waals surface area contributed by atoms with Gasteiger partial charge in [-0.15, -0.1) is 0 Å². The molecular formula is C16H31N5O2. The minimum absolute atomic E-state index is 0.301. The topological polar surface area (TPSA) is 106 Å². The van der Waals surface area contributed by atoms with Crippen molar-refractivity contribution in [2.45, 2.75) is 45.3 Å². The molecule has 0 amide bonds. The van der Waals surface area contributed by atoms with E-state index in [-0.39, 0.29) is 6.04 Å². The van der Waals surface area contributed by atoms with Crippen LogP contribution in [0.5, 0.6) is 0 Å². The monoisotopic (exact) mass is 325 g/mol. The highest BCUT2D eigenvalue weighted by Gasteiger charge is 2.40. The first-order valence-corrected chi connectivity index (χ1v) is 8.20. The van der Waals surface area contributed by atoms with Gasteiger partial charge in [0.1, 0.15) is 5.66 Å². The summed E-state index contributed by atoms with van der Waals surface area (Å²) in [4.78, 5) is 18.9. The van der Waals surface area contributed by atoms with Crippen molar-refractivity contribution in [1.29, 1.82) is 0 Å². The van der Waals surface area contributed by atoms with Gasteiger partial charge in [-0.1, -0.05) is 6.92 Å². The number of dihydropyridines is 1. The fourth-order valence-corrected chi connectivity index (χ4v) is 2.70. The molecule has 0 spiro atoms. The Hall–Kier alpha value is -1.44. The molecule has 23 heavy (non-hydrogen) atoms. The molecule has 0 saturated heterocycles. The maximum atomic E-state index is 12.3. The number of carbonyl (C=O) groups is 1. The van der Waals surface area contributed by atoms with E-state index in [4.69, 9.17) is 16.2 Å². The third-order valence-corrected chi connectivity index (χ3v) is 3.84. The van der Waals surface area contributed by atoms with Crippen LogP contribution in [0.4, 0.5) is 0 Å². The number of carbonyl (C=O) groups excluding carboxylic acids is 1. The molecular weight excluding hydrogens is 294 g/mol. The van der Waals surface area contributed by atoms with Crippen molar-refractivity contribution < 1.29 is 9.53 Å². The summed E-state index contributed by atoms with van der Waals surface area (Å²) >= 11 is 0. The SMILES string of the molecule is CCOC(=O)C1=C(NCCCN(C)C)C(N)(N)C(CC)=NC1C. The largest absolute Gasteiger partial charge is 0.463 e. The van der Waals surface area contributed by atoms with E-state index in [1.807, 2.05) is 27.9 Å². The average Bonchev–Trinajstić information content (AvgIpc) is 2.46. The molecule has 1 heterocycles. The van der Waals surface area contributed by atoms with E-state index in [1.54, 1.807) is 6.92 Å². The predicted octanol–water partition coefficient (Wildman–Crippen LogP) is 0.212. The molecule has 0 aromatic carbocycles. The first kappa shape index (κ1) is 19.6. The lowest BCUT2D eigenvalue weighted by molar-refractivity contribution is -0.138. The first-order chi connectivity index (χ1) is 10.8. The molecule has 0 bridgehead atoms. The van der Waals surface area contributed by atoms with Gasteiger partial charge in [-0.25, -0.2) is 4.79 Å². The molecule has 0 aliphatic carbocycles. The Morgan fingerprint density at radius 3 is 2.57 bits per heavy atom. The fraction of sp³-hybridized carbons (Fsp3) is 0.750. The predicted molar refractivity (Wildman–Crippen MR) is 93.1 cm³/mol. The van der Waals surface area contributed by atoms with Crippen molar-refractivity contribution in [2.24, 2.45) is 16.5 Å². The number of nitrogens with zero attached hydrogens (tertiary/aromatic N) is 2. The van der Waals surface area contributed by atoms with Gasteiger partial charge in [0.25, 0.3) is 0 Å². The molecule has 0 aromatic rings. The van der Waals surface area contributed by atoms with Gasteiger partial charge in [-0.05, 0) is 47.3 Å². The molecule has 5 N–H and O–H groups in total. The van der Waals surface area contributed by atoms with Gasteiger partial charge in [-0.2, -0.15) is 0 Å². The molecule has 0 fully saturated rings. The molecule has 132 valence electrons. The molecule has 1 unspecified atom stereocenters. The van der Waals surface area contributed by atoms with Crippen molar-refractivity contribution >= 4 is 11.7 Å². The molecule has 7 heteroatoms. The van der Waals surface area contributed by atoms with Crippen LogP contribution in [0.2, 0.25) is 0 Å². The summed E-state index contributed by atoms with van der Waals surface area (Å²) in [6, 6.07) is -0.319. The number of rotatable bonds is 8. The molecule has 1 aliphatic rings. The summed E-state index contributed by atoms with van der Waals surface area (Å²) in [5.74, 6) is -0.408. The summed E-state index contributed by atoms with van der Waals surface area (Å²) in [5.41, 5.74) is 13.0. The number of hydrogen-bond donors (Lipinski definition) is 3. The lowest BCUT2D eigenvalue weighted by atomic mass is 9.89. The second-order valence-electron chi connectivity index (χ2n) is 6.07. The highest BCUT2D eigenvalue weighted by Crippen LogP contribution is 2.26. The second-order valence-corrected chi connectivity index (χ2v) is 6.07. The molecule has 0 aromatic heterocycles. The zero-order valence-corrected chi connectivity index (χ0v) is 15.0. The van der Waals surface area contributed by atoms with Crippen LogP contribution >= 0.6 is 0 Å². The smallest absolute Gasteiger partial charge is 0.338 e. The summed E-state index contributed by atoms with van der Waals surface area (Å²) in [7, 11) is 4.04. The second kappa shape index (κ2) is 8.42. The van der Waals surface area contributed by atoms with Crippen molar-refractivity contribution in [3.05, 3.63) is 11.3 Å². The Morgan fingerprint density at radius 1 is 1.39 bits per heavy atom. The van der Waals surface area contributed by atoms with E-state index in [1.165, 1.54) is 0 Å². The van der Waals surface area contributed by atoms with Crippen molar-refractivity contribution in [2.75, 3.05) is 33.8 Å². The van der Waals surface area contributed by atoms with Crippen molar-refractivity contribution in [1.82, 2.24) is 10.2 Å². The van der Waals surface area contributed by atoms with Gasteiger partial charge < -0.3 is 26.4 Å². The van der Waals surface area contributed by atoms with Crippen molar-refractivity contribution in [3.63, 3.8) is 0 Å². The summed E-state index contributed by atoms with van der Waals surface area (Å²) in [6.07, 6.45) is 1.55. The molecule has 0 saturated carbocycles. The number of aliphatic imine (C=N–C) groups is 1. The molecule has 1 atom stereocenters. The van der Waals surface area contributed by atoms with E-state index in [0.29, 0.717) is 36.6 Å². The molecule has 7 nitrogen and oxygen atoms in total. The average molecular weight is 325 g/mol. The summed E-state index contributed by atoms with van der Waals surface area (Å²) < 4.78 is 5.16. The molecule has 1 aliphatic heterocycles. The normalized spacial score (nSPS) is 20.5. The summed E-state index contributed by atoms with van der Waals surface area (Å²) in [5, 5.41) is 3.27. The van der Waals surface area contributed by atoms with Gasteiger partial charge in [0.05, 0.1) is 29.6 Å². The maximum Gasteiger partial charge on any atom is 0.338 e. The van der Waals surface area contributed by atoms with Gasteiger partial charge in [-0.3, -0.25) is 4.99 Å². The Balaban J connectivity index is 3.07. The number of ether oxygens (including phenoxy) is 1. The van der Waals surface area contributed by atoms with Gasteiger partial charge in [0, 0.05) is 6.54 Å². The number of esters is 1. The third kappa shape index (κ3) is 4.76. The van der Waals surface area contributed by atoms with Gasteiger partial charge in [0.15, 0.2) is 0 Å². The van der Waals surface area contributed by atoms with E-state index in [9.17, 15) is 4.79 Å². The minimum atomic E-state index is -1.26. The van der Waals surface area contributed by atoms with E-state index in [0.717, 1.165) is 13.0 Å². The van der Waals surface area contributed by atoms with Crippen molar-refractivity contribution in [3.8, 4) is 0 Å². The van der Waals surface area contributed by atoms with Gasteiger partial charge >= 0.3 is 5.97 Å². The Morgan fingerprint density at radius 2 is 2.04 bits per heavy atom. The first-order valence-electron chi connectivity index (χ1n) is 8.20. The quantitative estimate of drug-likeness (QED) is 0.335. The molecule has 0 radical (unpaired) electrons. The Labute approximate surface area is 139 Å². The van der Waals surface area contributed by atoms with E-state index in [2.05, 4.69) is 15.2 Å².